The average Bonchev–Trinajstić information content (AvgIpc) is 2.67. The molecule has 0 aliphatic rings. The highest BCUT2D eigenvalue weighted by molar-refractivity contribution is 9.10. The van der Waals surface area contributed by atoms with Crippen molar-refractivity contribution in [1.82, 2.24) is 0 Å². The van der Waals surface area contributed by atoms with E-state index >= 15 is 0 Å². The molecule has 0 saturated carbocycles. The third kappa shape index (κ3) is 4.77. The van der Waals surface area contributed by atoms with Gasteiger partial charge in [0.1, 0.15) is 5.75 Å². The molecule has 0 spiro atoms. The summed E-state index contributed by atoms with van der Waals surface area (Å²) in [5, 5.41) is 0. The van der Waals surface area contributed by atoms with E-state index in [4.69, 9.17) is 4.74 Å². The zero-order valence-electron chi connectivity index (χ0n) is 13.8. The molecule has 0 saturated heterocycles. The lowest BCUT2D eigenvalue weighted by Crippen LogP contribution is -2.08. The maximum atomic E-state index is 12.2. The minimum absolute atomic E-state index is 0.0933. The fourth-order valence-corrected chi connectivity index (χ4v) is 2.57. The Balaban J connectivity index is 1.70. The third-order valence-corrected chi connectivity index (χ3v) is 4.16. The van der Waals surface area contributed by atoms with Crippen LogP contribution in [0.1, 0.15) is 26.3 Å². The van der Waals surface area contributed by atoms with Crippen LogP contribution < -0.4 is 4.74 Å². The molecule has 0 amide bonds. The molecule has 0 aliphatic heterocycles. The highest BCUT2D eigenvalue weighted by atomic mass is 79.9. The van der Waals surface area contributed by atoms with Gasteiger partial charge in [0.15, 0.2) is 5.78 Å². The van der Waals surface area contributed by atoms with Gasteiger partial charge in [0.05, 0.1) is 5.56 Å². The van der Waals surface area contributed by atoms with Crippen LogP contribution in [0.4, 0.5) is 0 Å². The first-order valence-corrected chi connectivity index (χ1v) is 8.76. The Labute approximate surface area is 160 Å². The van der Waals surface area contributed by atoms with Crippen LogP contribution >= 0.6 is 15.9 Å². The first kappa shape index (κ1) is 17.8. The van der Waals surface area contributed by atoms with Gasteiger partial charge >= 0.3 is 5.97 Å². The highest BCUT2D eigenvalue weighted by Gasteiger charge is 2.08. The van der Waals surface area contributed by atoms with Gasteiger partial charge in [0, 0.05) is 10.0 Å². The standard InChI is InChI=1S/C22H15BrO3/c23-19-12-10-17(11-13-19)21(24)14-9-16-5-4-8-20(15-16)26-22(25)18-6-2-1-3-7-18/h1-15H. The fraction of sp³-hybridized carbons (Fsp3) is 0. The molecule has 0 aliphatic carbocycles. The molecule has 3 nitrogen and oxygen atoms in total. The van der Waals surface area contributed by atoms with Crippen molar-refractivity contribution >= 4 is 33.8 Å². The SMILES string of the molecule is O=C(C=Cc1cccc(OC(=O)c2ccccc2)c1)c1ccc(Br)cc1. The molecule has 0 radical (unpaired) electrons. The van der Waals surface area contributed by atoms with Gasteiger partial charge in [-0.2, -0.15) is 0 Å². The Morgan fingerprint density at radius 1 is 0.808 bits per heavy atom. The van der Waals surface area contributed by atoms with Crippen molar-refractivity contribution in [3.8, 4) is 5.75 Å². The fourth-order valence-electron chi connectivity index (χ4n) is 2.30. The summed E-state index contributed by atoms with van der Waals surface area (Å²) < 4.78 is 6.30. The maximum Gasteiger partial charge on any atom is 0.343 e. The second-order valence-electron chi connectivity index (χ2n) is 5.53. The third-order valence-electron chi connectivity index (χ3n) is 3.63. The number of hydrogen-bond acceptors (Lipinski definition) is 3. The summed E-state index contributed by atoms with van der Waals surface area (Å²) in [7, 11) is 0. The summed E-state index contributed by atoms with van der Waals surface area (Å²) in [6, 6.07) is 23.0. The van der Waals surface area contributed by atoms with Crippen molar-refractivity contribution in [3.63, 3.8) is 0 Å². The van der Waals surface area contributed by atoms with Gasteiger partial charge in [0.2, 0.25) is 0 Å². The van der Waals surface area contributed by atoms with Crippen molar-refractivity contribution in [2.24, 2.45) is 0 Å². The molecule has 0 aromatic heterocycles. The molecule has 26 heavy (non-hydrogen) atoms. The van der Waals surface area contributed by atoms with Gasteiger partial charge in [-0.25, -0.2) is 4.79 Å². The van der Waals surface area contributed by atoms with E-state index in [1.54, 1.807) is 60.7 Å². The van der Waals surface area contributed by atoms with E-state index < -0.39 is 5.97 Å². The second-order valence-corrected chi connectivity index (χ2v) is 6.45. The summed E-state index contributed by atoms with van der Waals surface area (Å²) in [4.78, 5) is 24.3. The Morgan fingerprint density at radius 2 is 1.54 bits per heavy atom. The van der Waals surface area contributed by atoms with E-state index in [2.05, 4.69) is 15.9 Å². The largest absolute Gasteiger partial charge is 0.423 e. The smallest absolute Gasteiger partial charge is 0.343 e. The van der Waals surface area contributed by atoms with Crippen LogP contribution in [-0.4, -0.2) is 11.8 Å². The zero-order chi connectivity index (χ0) is 18.4. The molecule has 4 heteroatoms. The van der Waals surface area contributed by atoms with Crippen molar-refractivity contribution < 1.29 is 14.3 Å². The lowest BCUT2D eigenvalue weighted by atomic mass is 10.1. The van der Waals surface area contributed by atoms with E-state index in [9.17, 15) is 9.59 Å². The van der Waals surface area contributed by atoms with Crippen LogP contribution in [-0.2, 0) is 0 Å². The molecule has 128 valence electrons. The van der Waals surface area contributed by atoms with Gasteiger partial charge < -0.3 is 4.74 Å². The summed E-state index contributed by atoms with van der Waals surface area (Å²) in [5.74, 6) is -0.0843. The van der Waals surface area contributed by atoms with E-state index in [-0.39, 0.29) is 5.78 Å². The van der Waals surface area contributed by atoms with Crippen LogP contribution in [0, 0.1) is 0 Å². The number of ketones is 1. The molecule has 0 N–H and O–H groups in total. The van der Waals surface area contributed by atoms with Crippen LogP contribution in [0.5, 0.6) is 5.75 Å². The minimum Gasteiger partial charge on any atom is -0.423 e. The van der Waals surface area contributed by atoms with Crippen LogP contribution in [0.3, 0.4) is 0 Å². The molecule has 3 aromatic rings. The van der Waals surface area contributed by atoms with Crippen molar-refractivity contribution in [1.29, 1.82) is 0 Å². The van der Waals surface area contributed by atoms with E-state index in [0.717, 1.165) is 10.0 Å². The first-order valence-electron chi connectivity index (χ1n) is 7.97. The van der Waals surface area contributed by atoms with Gasteiger partial charge in [-0.05, 0) is 60.2 Å². The highest BCUT2D eigenvalue weighted by Crippen LogP contribution is 2.17. The lowest BCUT2D eigenvalue weighted by molar-refractivity contribution is 0.0734. The Bertz CT molecular complexity index is 945. The zero-order valence-corrected chi connectivity index (χ0v) is 15.3. The normalized spacial score (nSPS) is 10.7. The van der Waals surface area contributed by atoms with Crippen LogP contribution in [0.2, 0.25) is 0 Å². The molecular formula is C22H15BrO3. The number of rotatable bonds is 5. The number of ether oxygens (including phenoxy) is 1. The quantitative estimate of drug-likeness (QED) is 0.241. The number of allylic oxidation sites excluding steroid dienone is 1. The van der Waals surface area contributed by atoms with Gasteiger partial charge in [0.25, 0.3) is 0 Å². The Morgan fingerprint density at radius 3 is 2.27 bits per heavy atom. The van der Waals surface area contributed by atoms with Crippen molar-refractivity contribution in [2.45, 2.75) is 0 Å². The maximum absolute atomic E-state index is 12.2. The number of benzene rings is 3. The molecule has 0 bridgehead atoms. The summed E-state index contributed by atoms with van der Waals surface area (Å²) in [6.45, 7) is 0. The number of carbonyl (C=O) groups excluding carboxylic acids is 2. The number of carbonyl (C=O) groups is 2. The minimum atomic E-state index is -0.419. The predicted molar refractivity (Wildman–Crippen MR) is 105 cm³/mol. The molecular weight excluding hydrogens is 392 g/mol. The van der Waals surface area contributed by atoms with E-state index in [1.807, 2.05) is 24.3 Å². The Kier molecular flexibility index (Phi) is 5.77. The van der Waals surface area contributed by atoms with E-state index in [0.29, 0.717) is 16.9 Å². The predicted octanol–water partition coefficient (Wildman–Crippen LogP) is 5.56. The average molecular weight is 407 g/mol. The summed E-state index contributed by atoms with van der Waals surface area (Å²) in [5.41, 5.74) is 1.86. The Hall–Kier alpha value is -2.98. The van der Waals surface area contributed by atoms with Crippen LogP contribution in [0.25, 0.3) is 6.08 Å². The van der Waals surface area contributed by atoms with Gasteiger partial charge in [-0.3, -0.25) is 4.79 Å². The molecule has 3 aromatic carbocycles. The van der Waals surface area contributed by atoms with E-state index in [1.165, 1.54) is 6.08 Å². The van der Waals surface area contributed by atoms with Crippen LogP contribution in [0.15, 0.2) is 89.4 Å². The topological polar surface area (TPSA) is 43.4 Å². The molecule has 0 fully saturated rings. The molecule has 3 rings (SSSR count). The summed E-state index contributed by atoms with van der Waals surface area (Å²) in [6.07, 6.45) is 3.20. The number of esters is 1. The van der Waals surface area contributed by atoms with Gasteiger partial charge in [-0.15, -0.1) is 0 Å². The molecule has 0 atom stereocenters. The molecule has 0 unspecified atom stereocenters. The summed E-state index contributed by atoms with van der Waals surface area (Å²) >= 11 is 3.34. The lowest BCUT2D eigenvalue weighted by Gasteiger charge is -2.05. The van der Waals surface area contributed by atoms with Crippen molar-refractivity contribution in [3.05, 3.63) is 106 Å². The molecule has 0 heterocycles. The monoisotopic (exact) mass is 406 g/mol. The van der Waals surface area contributed by atoms with Gasteiger partial charge in [-0.1, -0.05) is 52.3 Å². The number of hydrogen-bond donors (Lipinski definition) is 0. The second kappa shape index (κ2) is 8.41. The number of halogens is 1. The van der Waals surface area contributed by atoms with Crippen molar-refractivity contribution in [2.75, 3.05) is 0 Å². The first-order chi connectivity index (χ1) is 12.6.